The SMILES string of the molecule is CCOOC(C)=O.OCCO. The molecule has 0 aliphatic rings. The van der Waals surface area contributed by atoms with Gasteiger partial charge in [0, 0.05) is 6.92 Å². The first-order valence-electron chi connectivity index (χ1n) is 3.20. The lowest BCUT2D eigenvalue weighted by atomic mass is 10.8. The highest BCUT2D eigenvalue weighted by Gasteiger charge is 1.86. The van der Waals surface area contributed by atoms with E-state index in [1.54, 1.807) is 6.92 Å². The molecule has 5 heteroatoms. The normalized spacial score (nSPS) is 8.00. The van der Waals surface area contributed by atoms with E-state index in [0.717, 1.165) is 0 Å². The Morgan fingerprint density at radius 2 is 1.82 bits per heavy atom. The van der Waals surface area contributed by atoms with E-state index in [2.05, 4.69) is 9.78 Å². The molecule has 0 atom stereocenters. The topological polar surface area (TPSA) is 76.0 Å². The van der Waals surface area contributed by atoms with E-state index in [0.29, 0.717) is 6.61 Å². The Morgan fingerprint density at radius 3 is 1.91 bits per heavy atom. The van der Waals surface area contributed by atoms with E-state index in [4.69, 9.17) is 10.2 Å². The van der Waals surface area contributed by atoms with E-state index in [9.17, 15) is 4.79 Å². The van der Waals surface area contributed by atoms with Crippen LogP contribution in [0, 0.1) is 0 Å². The molecule has 0 saturated heterocycles. The van der Waals surface area contributed by atoms with Gasteiger partial charge in [0.2, 0.25) is 0 Å². The summed E-state index contributed by atoms with van der Waals surface area (Å²) in [6, 6.07) is 0. The van der Waals surface area contributed by atoms with Gasteiger partial charge < -0.3 is 10.2 Å². The first-order chi connectivity index (χ1) is 5.18. The van der Waals surface area contributed by atoms with Crippen LogP contribution in [0.5, 0.6) is 0 Å². The third-order valence-corrected chi connectivity index (χ3v) is 0.394. The van der Waals surface area contributed by atoms with Crippen molar-refractivity contribution in [3.63, 3.8) is 0 Å². The van der Waals surface area contributed by atoms with Crippen molar-refractivity contribution in [2.75, 3.05) is 19.8 Å². The van der Waals surface area contributed by atoms with Crippen LogP contribution in [0.4, 0.5) is 0 Å². The number of carbonyl (C=O) groups excluding carboxylic acids is 1. The summed E-state index contributed by atoms with van der Waals surface area (Å²) in [6.07, 6.45) is 0. The predicted molar refractivity (Wildman–Crippen MR) is 37.6 cm³/mol. The largest absolute Gasteiger partial charge is 0.394 e. The Hall–Kier alpha value is -0.650. The van der Waals surface area contributed by atoms with Crippen LogP contribution >= 0.6 is 0 Å². The minimum atomic E-state index is -0.415. The molecule has 0 aromatic heterocycles. The molecule has 0 aliphatic carbocycles. The molecule has 0 fully saturated rings. The summed E-state index contributed by atoms with van der Waals surface area (Å²) in [4.78, 5) is 18.2. The van der Waals surface area contributed by atoms with Gasteiger partial charge in [-0.3, -0.25) is 4.89 Å². The van der Waals surface area contributed by atoms with Crippen LogP contribution in [-0.2, 0) is 14.6 Å². The zero-order valence-corrected chi connectivity index (χ0v) is 6.74. The molecule has 0 amide bonds. The maximum atomic E-state index is 9.86. The second-order valence-electron chi connectivity index (χ2n) is 1.43. The monoisotopic (exact) mass is 166 g/mol. The molecule has 0 aliphatic heterocycles. The summed E-state index contributed by atoms with van der Waals surface area (Å²) in [6.45, 7) is 3.18. The fourth-order valence-corrected chi connectivity index (χ4v) is 0.142. The minimum Gasteiger partial charge on any atom is -0.394 e. The molecule has 0 aromatic rings. The number of aliphatic hydroxyl groups excluding tert-OH is 2. The third-order valence-electron chi connectivity index (χ3n) is 0.394. The molecule has 0 saturated carbocycles. The lowest BCUT2D eigenvalue weighted by Crippen LogP contribution is -1.98. The average molecular weight is 166 g/mol. The molecule has 11 heavy (non-hydrogen) atoms. The average Bonchev–Trinajstić information content (AvgIpc) is 2.01. The lowest BCUT2D eigenvalue weighted by Gasteiger charge is -1.92. The Labute approximate surface area is 65.5 Å². The Balaban J connectivity index is 0. The van der Waals surface area contributed by atoms with Crippen LogP contribution in [0.25, 0.3) is 0 Å². The summed E-state index contributed by atoms with van der Waals surface area (Å²) in [7, 11) is 0. The molecule has 0 radical (unpaired) electrons. The maximum absolute atomic E-state index is 9.86. The van der Waals surface area contributed by atoms with Crippen LogP contribution in [-0.4, -0.2) is 36.0 Å². The smallest absolute Gasteiger partial charge is 0.339 e. The highest BCUT2D eigenvalue weighted by atomic mass is 17.2. The molecular weight excluding hydrogens is 152 g/mol. The zero-order chi connectivity index (χ0) is 9.11. The first kappa shape index (κ1) is 13.0. The fourth-order valence-electron chi connectivity index (χ4n) is 0.142. The Morgan fingerprint density at radius 1 is 1.36 bits per heavy atom. The number of rotatable bonds is 3. The van der Waals surface area contributed by atoms with Gasteiger partial charge in [-0.2, -0.15) is 4.89 Å². The molecule has 2 N–H and O–H groups in total. The Kier molecular flexibility index (Phi) is 14.2. The van der Waals surface area contributed by atoms with Gasteiger partial charge in [0.15, 0.2) is 0 Å². The molecular formula is C6H14O5. The molecule has 0 unspecified atom stereocenters. The van der Waals surface area contributed by atoms with Crippen molar-refractivity contribution in [3.8, 4) is 0 Å². The van der Waals surface area contributed by atoms with E-state index < -0.39 is 5.97 Å². The van der Waals surface area contributed by atoms with E-state index >= 15 is 0 Å². The molecule has 5 nitrogen and oxygen atoms in total. The van der Waals surface area contributed by atoms with Gasteiger partial charge in [0.25, 0.3) is 0 Å². The lowest BCUT2D eigenvalue weighted by molar-refractivity contribution is -0.267. The fraction of sp³-hybridized carbons (Fsp3) is 0.833. The minimum absolute atomic E-state index is 0.125. The van der Waals surface area contributed by atoms with Crippen LogP contribution in [0.2, 0.25) is 0 Å². The van der Waals surface area contributed by atoms with Gasteiger partial charge in [-0.25, -0.2) is 4.79 Å². The summed E-state index contributed by atoms with van der Waals surface area (Å²) in [5.74, 6) is -0.415. The predicted octanol–water partition coefficient (Wildman–Crippen LogP) is -0.528. The highest BCUT2D eigenvalue weighted by Crippen LogP contribution is 1.75. The van der Waals surface area contributed by atoms with Gasteiger partial charge in [-0.1, -0.05) is 0 Å². The number of carbonyl (C=O) groups is 1. The summed E-state index contributed by atoms with van der Waals surface area (Å²) in [5.41, 5.74) is 0. The maximum Gasteiger partial charge on any atom is 0.339 e. The highest BCUT2D eigenvalue weighted by molar-refractivity contribution is 5.65. The van der Waals surface area contributed by atoms with Gasteiger partial charge in [0.05, 0.1) is 19.8 Å². The molecule has 68 valence electrons. The summed E-state index contributed by atoms with van der Waals surface area (Å²) >= 11 is 0. The molecule has 0 spiro atoms. The van der Waals surface area contributed by atoms with Crippen molar-refractivity contribution in [1.82, 2.24) is 0 Å². The van der Waals surface area contributed by atoms with Crippen molar-refractivity contribution >= 4 is 5.97 Å². The second kappa shape index (κ2) is 12.1. The van der Waals surface area contributed by atoms with Crippen LogP contribution in [0.3, 0.4) is 0 Å². The zero-order valence-electron chi connectivity index (χ0n) is 6.74. The van der Waals surface area contributed by atoms with E-state index in [1.807, 2.05) is 0 Å². The number of hydrogen-bond donors (Lipinski definition) is 2. The first-order valence-corrected chi connectivity index (χ1v) is 3.20. The summed E-state index contributed by atoms with van der Waals surface area (Å²) < 4.78 is 0. The van der Waals surface area contributed by atoms with Crippen molar-refractivity contribution < 1.29 is 24.8 Å². The number of aliphatic hydroxyl groups is 2. The van der Waals surface area contributed by atoms with Crippen LogP contribution in [0.15, 0.2) is 0 Å². The molecule has 0 bridgehead atoms. The van der Waals surface area contributed by atoms with Gasteiger partial charge in [-0.05, 0) is 6.92 Å². The van der Waals surface area contributed by atoms with Crippen LogP contribution < -0.4 is 0 Å². The quantitative estimate of drug-likeness (QED) is 0.435. The van der Waals surface area contributed by atoms with Crippen molar-refractivity contribution in [2.45, 2.75) is 13.8 Å². The second-order valence-corrected chi connectivity index (χ2v) is 1.43. The van der Waals surface area contributed by atoms with Crippen molar-refractivity contribution in [3.05, 3.63) is 0 Å². The summed E-state index contributed by atoms with van der Waals surface area (Å²) in [5, 5.41) is 15.2. The molecule has 0 rings (SSSR count). The molecule has 0 aromatic carbocycles. The standard InChI is InChI=1S/C4H8O3.C2H6O2/c1-3-6-7-4(2)5;3-1-2-4/h3H2,1-2H3;3-4H,1-2H2. The third kappa shape index (κ3) is 26.7. The van der Waals surface area contributed by atoms with Crippen LogP contribution in [0.1, 0.15) is 13.8 Å². The van der Waals surface area contributed by atoms with Gasteiger partial charge in [0.1, 0.15) is 0 Å². The number of hydrogen-bond acceptors (Lipinski definition) is 5. The van der Waals surface area contributed by atoms with Gasteiger partial charge >= 0.3 is 5.97 Å². The van der Waals surface area contributed by atoms with E-state index in [1.165, 1.54) is 6.92 Å². The van der Waals surface area contributed by atoms with Crippen molar-refractivity contribution in [1.29, 1.82) is 0 Å². The van der Waals surface area contributed by atoms with E-state index in [-0.39, 0.29) is 13.2 Å². The Bertz CT molecular complexity index is 81.0. The van der Waals surface area contributed by atoms with Crippen molar-refractivity contribution in [2.24, 2.45) is 0 Å². The van der Waals surface area contributed by atoms with Gasteiger partial charge in [-0.15, -0.1) is 0 Å². The molecule has 0 heterocycles.